The van der Waals surface area contributed by atoms with Crippen molar-refractivity contribution in [3.63, 3.8) is 0 Å². The first kappa shape index (κ1) is 27.9. The number of hydrogen-bond acceptors (Lipinski definition) is 11. The van der Waals surface area contributed by atoms with Crippen LogP contribution in [0, 0.1) is 0 Å². The van der Waals surface area contributed by atoms with Crippen LogP contribution < -0.4 is 14.8 Å². The fourth-order valence-electron chi connectivity index (χ4n) is 3.84. The molecule has 1 aliphatic rings. The highest BCUT2D eigenvalue weighted by Gasteiger charge is 2.27. The number of pyridine rings is 1. The van der Waals surface area contributed by atoms with Crippen LogP contribution in [-0.2, 0) is 29.1 Å². The average molecular weight is 564 g/mol. The highest BCUT2D eigenvalue weighted by Crippen LogP contribution is 2.27. The smallest absolute Gasteiger partial charge is 0.280 e. The third-order valence-electron chi connectivity index (χ3n) is 5.87. The molecular formula is C24H29N5O7S2. The maximum atomic E-state index is 13.3. The Labute approximate surface area is 224 Å². The number of nitrogens with one attached hydrogen (secondary N) is 2. The third kappa shape index (κ3) is 6.82. The third-order valence-corrected chi connectivity index (χ3v) is 8.23. The number of sulfonamides is 1. The van der Waals surface area contributed by atoms with E-state index >= 15 is 0 Å². The Hall–Kier alpha value is -3.17. The molecule has 0 spiro atoms. The maximum Gasteiger partial charge on any atom is 0.280 e. The molecule has 0 saturated heterocycles. The van der Waals surface area contributed by atoms with Gasteiger partial charge in [0.05, 0.1) is 24.7 Å². The maximum absolute atomic E-state index is 13.3. The number of fused-ring (bicyclic) bond motifs is 1. The van der Waals surface area contributed by atoms with E-state index in [0.717, 1.165) is 12.8 Å². The van der Waals surface area contributed by atoms with Gasteiger partial charge in [-0.1, -0.05) is 28.6 Å². The summed E-state index contributed by atoms with van der Waals surface area (Å²) in [6.07, 6.45) is 2.11. The van der Waals surface area contributed by atoms with Crippen LogP contribution >= 0.6 is 11.3 Å². The molecule has 38 heavy (non-hydrogen) atoms. The number of rotatable bonds is 12. The van der Waals surface area contributed by atoms with Crippen LogP contribution in [0.1, 0.15) is 24.8 Å². The molecule has 1 aromatic carbocycles. The molecule has 204 valence electrons. The summed E-state index contributed by atoms with van der Waals surface area (Å²) in [6, 6.07) is 9.24. The van der Waals surface area contributed by atoms with Crippen molar-refractivity contribution in [2.75, 3.05) is 39.8 Å². The molecule has 3 aromatic rings. The van der Waals surface area contributed by atoms with Gasteiger partial charge in [-0.25, -0.2) is 23.1 Å². The Balaban J connectivity index is 1.57. The van der Waals surface area contributed by atoms with E-state index in [1.54, 1.807) is 19.2 Å². The fourth-order valence-corrected chi connectivity index (χ4v) is 5.68. The molecular weight excluding hydrogens is 534 g/mol. The van der Waals surface area contributed by atoms with E-state index in [1.165, 1.54) is 49.8 Å². The van der Waals surface area contributed by atoms with Crippen LogP contribution in [0.3, 0.4) is 0 Å². The molecule has 1 amide bonds. The molecule has 2 aromatic heterocycles. The topological polar surface area (TPSA) is 150 Å². The van der Waals surface area contributed by atoms with Crippen molar-refractivity contribution in [1.29, 1.82) is 0 Å². The van der Waals surface area contributed by atoms with Gasteiger partial charge in [0.1, 0.15) is 16.5 Å². The number of amides is 1. The average Bonchev–Trinajstić information content (AvgIpc) is 3.54. The van der Waals surface area contributed by atoms with Crippen LogP contribution in [0.15, 0.2) is 46.4 Å². The van der Waals surface area contributed by atoms with Crippen LogP contribution in [0.2, 0.25) is 0 Å². The van der Waals surface area contributed by atoms with Crippen molar-refractivity contribution >= 4 is 48.5 Å². The van der Waals surface area contributed by atoms with E-state index in [1.807, 2.05) is 0 Å². The normalized spacial score (nSPS) is 18.0. The van der Waals surface area contributed by atoms with Crippen LogP contribution in [0.25, 0.3) is 10.3 Å². The quantitative estimate of drug-likeness (QED) is 0.192. The number of nitrogens with zero attached hydrogens (tertiary/aromatic N) is 3. The molecule has 0 bridgehead atoms. The predicted octanol–water partition coefficient (Wildman–Crippen LogP) is 2.55. The van der Waals surface area contributed by atoms with E-state index < -0.39 is 15.9 Å². The summed E-state index contributed by atoms with van der Waals surface area (Å²) in [5.41, 5.74) is 0.959. The lowest BCUT2D eigenvalue weighted by atomic mass is 10.1. The second-order valence-corrected chi connectivity index (χ2v) is 11.1. The molecule has 2 heterocycles. The van der Waals surface area contributed by atoms with Gasteiger partial charge >= 0.3 is 0 Å². The number of anilines is 1. The monoisotopic (exact) mass is 563 g/mol. The van der Waals surface area contributed by atoms with Crippen molar-refractivity contribution in [2.24, 2.45) is 5.16 Å². The molecule has 14 heteroatoms. The molecule has 0 unspecified atom stereocenters. The Morgan fingerprint density at radius 2 is 1.84 bits per heavy atom. The summed E-state index contributed by atoms with van der Waals surface area (Å²) in [4.78, 5) is 28.4. The Kier molecular flexibility index (Phi) is 9.22. The van der Waals surface area contributed by atoms with E-state index in [9.17, 15) is 13.2 Å². The molecule has 1 saturated carbocycles. The van der Waals surface area contributed by atoms with Crippen LogP contribution in [-0.4, -0.2) is 76.7 Å². The number of thiazole rings is 1. The number of ether oxygens (including phenoxy) is 3. The lowest BCUT2D eigenvalue weighted by molar-refractivity contribution is -0.110. The molecule has 2 N–H and O–H groups in total. The highest BCUT2D eigenvalue weighted by atomic mass is 32.2. The molecule has 0 aliphatic heterocycles. The second-order valence-electron chi connectivity index (χ2n) is 8.40. The Morgan fingerprint density at radius 1 is 1.08 bits per heavy atom. The minimum atomic E-state index is -3.74. The standard InChI is InChI=1S/C24H29N5O7S2/c1-33-13-12-25-38(31,32)18-8-4-15(5-9-18)21(29-36-17-7-6-16(14-17)34-2)22(30)28-24-26-19-10-11-20(35-3)27-23(19)37-24/h4-5,8-11,16-17,25H,6-7,12-14H2,1-3H3,(H,26,28,30)/t16-,17-/m1/s1. The van der Waals surface area contributed by atoms with Crippen molar-refractivity contribution < 1.29 is 32.3 Å². The fraction of sp³-hybridized carbons (Fsp3) is 0.417. The summed E-state index contributed by atoms with van der Waals surface area (Å²) in [7, 11) is 0.916. The van der Waals surface area contributed by atoms with Gasteiger partial charge in [-0.2, -0.15) is 0 Å². The summed E-state index contributed by atoms with van der Waals surface area (Å²) < 4.78 is 42.9. The van der Waals surface area contributed by atoms with Gasteiger partial charge in [-0.3, -0.25) is 10.1 Å². The minimum Gasteiger partial charge on any atom is -0.481 e. The second kappa shape index (κ2) is 12.6. The SMILES string of the molecule is COCCNS(=O)(=O)c1ccc(C(=NO[C@@H]2CC[C@@H](OC)C2)C(=O)Nc2nc3ccc(OC)nc3s2)cc1. The first-order valence-corrected chi connectivity index (χ1v) is 14.1. The molecule has 4 rings (SSSR count). The van der Waals surface area contributed by atoms with Gasteiger partial charge in [0.15, 0.2) is 10.8 Å². The van der Waals surface area contributed by atoms with E-state index in [0.29, 0.717) is 33.3 Å². The molecule has 12 nitrogen and oxygen atoms in total. The Morgan fingerprint density at radius 3 is 2.53 bits per heavy atom. The lowest BCUT2D eigenvalue weighted by Crippen LogP contribution is -2.27. The predicted molar refractivity (Wildman–Crippen MR) is 142 cm³/mol. The lowest BCUT2D eigenvalue weighted by Gasteiger charge is -2.12. The van der Waals surface area contributed by atoms with Gasteiger partial charge in [-0.05, 0) is 31.0 Å². The minimum absolute atomic E-state index is 0.0213. The number of aromatic nitrogens is 2. The molecule has 1 aliphatic carbocycles. The number of carbonyl (C=O) groups excluding carboxylic acids is 1. The molecule has 0 radical (unpaired) electrons. The van der Waals surface area contributed by atoms with Crippen molar-refractivity contribution in [3.05, 3.63) is 42.0 Å². The largest absolute Gasteiger partial charge is 0.481 e. The number of carbonyl (C=O) groups is 1. The first-order chi connectivity index (χ1) is 18.3. The van der Waals surface area contributed by atoms with Crippen LogP contribution in [0.5, 0.6) is 5.88 Å². The van der Waals surface area contributed by atoms with Gasteiger partial charge in [0.2, 0.25) is 15.9 Å². The van der Waals surface area contributed by atoms with Gasteiger partial charge in [-0.15, -0.1) is 0 Å². The van der Waals surface area contributed by atoms with Gasteiger partial charge in [0, 0.05) is 38.8 Å². The number of methoxy groups -OCH3 is 3. The zero-order valence-corrected chi connectivity index (χ0v) is 22.8. The van der Waals surface area contributed by atoms with E-state index in [-0.39, 0.29) is 36.0 Å². The highest BCUT2D eigenvalue weighted by molar-refractivity contribution is 7.89. The van der Waals surface area contributed by atoms with E-state index in [4.69, 9.17) is 19.0 Å². The zero-order chi connectivity index (χ0) is 27.1. The number of benzene rings is 1. The Bertz CT molecular complexity index is 1390. The van der Waals surface area contributed by atoms with Crippen molar-refractivity contribution in [2.45, 2.75) is 36.4 Å². The van der Waals surface area contributed by atoms with Gasteiger partial charge < -0.3 is 19.0 Å². The van der Waals surface area contributed by atoms with E-state index in [2.05, 4.69) is 25.2 Å². The molecule has 2 atom stereocenters. The zero-order valence-electron chi connectivity index (χ0n) is 21.2. The first-order valence-electron chi connectivity index (χ1n) is 11.8. The summed E-state index contributed by atoms with van der Waals surface area (Å²) in [5.74, 6) is -0.126. The summed E-state index contributed by atoms with van der Waals surface area (Å²) in [6.45, 7) is 0.376. The number of oxime groups is 1. The molecule has 1 fully saturated rings. The van der Waals surface area contributed by atoms with Crippen molar-refractivity contribution in [1.82, 2.24) is 14.7 Å². The summed E-state index contributed by atoms with van der Waals surface area (Å²) >= 11 is 1.19. The van der Waals surface area contributed by atoms with Gasteiger partial charge in [0.25, 0.3) is 5.91 Å². The van der Waals surface area contributed by atoms with Crippen LogP contribution in [0.4, 0.5) is 5.13 Å². The van der Waals surface area contributed by atoms with Crippen molar-refractivity contribution in [3.8, 4) is 5.88 Å². The number of hydrogen-bond donors (Lipinski definition) is 2. The summed E-state index contributed by atoms with van der Waals surface area (Å²) in [5, 5.41) is 7.25.